The van der Waals surface area contributed by atoms with E-state index < -0.39 is 7.14 Å². The van der Waals surface area contributed by atoms with Crippen molar-refractivity contribution in [2.45, 2.75) is 0 Å². The average Bonchev–Trinajstić information content (AvgIpc) is 3.80. The molecule has 0 amide bonds. The van der Waals surface area contributed by atoms with E-state index >= 15 is 4.57 Å². The number of aromatic nitrogens is 2. The zero-order valence-electron chi connectivity index (χ0n) is 28.8. The molecule has 0 fully saturated rings. The second-order valence-corrected chi connectivity index (χ2v) is 16.5. The molecule has 5 nitrogen and oxygen atoms in total. The molecule has 0 saturated carbocycles. The predicted octanol–water partition coefficient (Wildman–Crippen LogP) is 11.6. The van der Waals surface area contributed by atoms with Gasteiger partial charge < -0.3 is 13.4 Å². The lowest BCUT2D eigenvalue weighted by atomic mass is 9.99. The van der Waals surface area contributed by atoms with Crippen LogP contribution in [0.5, 0.6) is 0 Å². The van der Waals surface area contributed by atoms with Gasteiger partial charge in [-0.05, 0) is 93.5 Å². The van der Waals surface area contributed by atoms with Gasteiger partial charge in [0.25, 0.3) is 0 Å². The molecule has 7 aromatic carbocycles. The van der Waals surface area contributed by atoms with Gasteiger partial charge in [-0.2, -0.15) is 0 Å². The minimum Gasteiger partial charge on any atom is -0.456 e. The molecule has 11 aromatic rings. The third-order valence-corrected chi connectivity index (χ3v) is 13.5. The number of para-hydroxylation sites is 1. The lowest BCUT2D eigenvalue weighted by molar-refractivity contribution is 0.592. The van der Waals surface area contributed by atoms with Gasteiger partial charge in [0, 0.05) is 61.7 Å². The van der Waals surface area contributed by atoms with Gasteiger partial charge >= 0.3 is 0 Å². The monoisotopic (exact) mass is 712 g/mol. The summed E-state index contributed by atoms with van der Waals surface area (Å²) in [5, 5.41) is 9.65. The van der Waals surface area contributed by atoms with Crippen LogP contribution in [-0.4, -0.2) is 9.97 Å². The largest absolute Gasteiger partial charge is 0.456 e. The molecule has 0 saturated heterocycles. The summed E-state index contributed by atoms with van der Waals surface area (Å²) in [5.74, 6) is 0. The van der Waals surface area contributed by atoms with Gasteiger partial charge in [-0.25, -0.2) is 0 Å². The van der Waals surface area contributed by atoms with Crippen LogP contribution in [0.3, 0.4) is 0 Å². The van der Waals surface area contributed by atoms with E-state index in [1.807, 2.05) is 122 Å². The van der Waals surface area contributed by atoms with Crippen molar-refractivity contribution in [2.75, 3.05) is 0 Å². The molecule has 0 N–H and O–H groups in total. The van der Waals surface area contributed by atoms with E-state index in [-0.39, 0.29) is 0 Å². The van der Waals surface area contributed by atoms with Crippen LogP contribution < -0.4 is 16.0 Å². The van der Waals surface area contributed by atoms with Crippen LogP contribution in [0, 0.1) is 0 Å². The molecule has 6 heteroatoms. The Morgan fingerprint density at radius 1 is 0.389 bits per heavy atom. The maximum absolute atomic E-state index is 15.8. The Balaban J connectivity index is 1.04. The summed E-state index contributed by atoms with van der Waals surface area (Å²) in [6.07, 6.45) is 5.38. The average molecular weight is 713 g/mol. The molecule has 1 unspecified atom stereocenters. The molecule has 54 heavy (non-hydrogen) atoms. The topological polar surface area (TPSA) is 69.1 Å². The fourth-order valence-electron chi connectivity index (χ4n) is 7.83. The van der Waals surface area contributed by atoms with Crippen molar-refractivity contribution >= 4 is 88.6 Å². The summed E-state index contributed by atoms with van der Waals surface area (Å²) in [6.45, 7) is 0. The second kappa shape index (κ2) is 11.9. The van der Waals surface area contributed by atoms with Crippen molar-refractivity contribution in [2.24, 2.45) is 0 Å². The third-order valence-electron chi connectivity index (χ3n) is 10.6. The smallest absolute Gasteiger partial charge is 0.190 e. The van der Waals surface area contributed by atoms with Crippen molar-refractivity contribution in [1.82, 2.24) is 9.97 Å². The highest BCUT2D eigenvalue weighted by atomic mass is 31.2. The van der Waals surface area contributed by atoms with Gasteiger partial charge in [0.1, 0.15) is 27.8 Å². The first-order chi connectivity index (χ1) is 26.6. The van der Waals surface area contributed by atoms with Crippen LogP contribution in [0.1, 0.15) is 0 Å². The van der Waals surface area contributed by atoms with E-state index in [0.29, 0.717) is 16.0 Å². The second-order valence-electron chi connectivity index (χ2n) is 13.8. The molecule has 0 radical (unpaired) electrons. The molecule has 11 rings (SSSR count). The SMILES string of the molecule is O=P(c1cncc(-c2ccc3oc4ccc(-c5ccc6oc7ccccc7c6c5)cc4c3c2)c1)(c1ccc2ccccc2c1)c1cc2ccccc2cn1. The zero-order chi connectivity index (χ0) is 35.8. The van der Waals surface area contributed by atoms with Crippen molar-refractivity contribution in [3.8, 4) is 22.3 Å². The first kappa shape index (κ1) is 30.8. The summed E-state index contributed by atoms with van der Waals surface area (Å²) >= 11 is 0. The first-order valence-electron chi connectivity index (χ1n) is 17.9. The zero-order valence-corrected chi connectivity index (χ0v) is 29.7. The number of furan rings is 2. The van der Waals surface area contributed by atoms with E-state index in [0.717, 1.165) is 87.7 Å². The van der Waals surface area contributed by atoms with Gasteiger partial charge in [0.05, 0.1) is 0 Å². The Labute approximate surface area is 309 Å². The normalized spacial score (nSPS) is 13.0. The predicted molar refractivity (Wildman–Crippen MR) is 222 cm³/mol. The Morgan fingerprint density at radius 3 is 1.65 bits per heavy atom. The fraction of sp³-hybridized carbons (Fsp3) is 0. The molecule has 0 bridgehead atoms. The molecule has 4 aromatic heterocycles. The summed E-state index contributed by atoms with van der Waals surface area (Å²) in [6, 6.07) is 53.2. The summed E-state index contributed by atoms with van der Waals surface area (Å²) in [4.78, 5) is 9.53. The standard InChI is InChI=1S/C48H29N2O3P/c51-54(38-17-13-30-7-1-2-8-31(30)21-38,48-26-32-9-3-4-10-36(32)28-50-48)39-22-37(27-49-29-39)35-16-20-47-43(25-35)42-24-34(15-19-46(42)53-47)33-14-18-45-41(23-33)40-11-5-6-12-44(40)52-45/h1-29H. The van der Waals surface area contributed by atoms with Crippen LogP contribution in [-0.2, 0) is 4.57 Å². The first-order valence-corrected chi connectivity index (χ1v) is 19.6. The van der Waals surface area contributed by atoms with Crippen LogP contribution in [0.15, 0.2) is 185 Å². The number of pyridine rings is 2. The number of benzene rings is 7. The minimum absolute atomic E-state index is 0.529. The highest BCUT2D eigenvalue weighted by molar-refractivity contribution is 7.85. The molecular weight excluding hydrogens is 684 g/mol. The maximum atomic E-state index is 15.8. The lowest BCUT2D eigenvalue weighted by Gasteiger charge is -2.20. The van der Waals surface area contributed by atoms with Gasteiger partial charge in [-0.15, -0.1) is 0 Å². The number of fused-ring (bicyclic) bond motifs is 8. The quantitative estimate of drug-likeness (QED) is 0.166. The number of hydrogen-bond acceptors (Lipinski definition) is 5. The Morgan fingerprint density at radius 2 is 0.944 bits per heavy atom. The van der Waals surface area contributed by atoms with E-state index in [2.05, 4.69) is 48.5 Å². The van der Waals surface area contributed by atoms with Crippen LogP contribution in [0.4, 0.5) is 0 Å². The van der Waals surface area contributed by atoms with Crippen molar-refractivity contribution in [3.05, 3.63) is 176 Å². The van der Waals surface area contributed by atoms with Crippen LogP contribution in [0.2, 0.25) is 0 Å². The van der Waals surface area contributed by atoms with Crippen LogP contribution in [0.25, 0.3) is 87.7 Å². The third kappa shape index (κ3) is 4.83. The molecule has 0 aliphatic carbocycles. The van der Waals surface area contributed by atoms with E-state index in [9.17, 15) is 0 Å². The molecule has 4 heterocycles. The summed E-state index contributed by atoms with van der Waals surface area (Å²) in [5.41, 5.74) is 7.90. The fourth-order valence-corrected chi connectivity index (χ4v) is 10.4. The Bertz CT molecular complexity index is 3260. The van der Waals surface area contributed by atoms with Crippen LogP contribution >= 0.6 is 7.14 Å². The number of hydrogen-bond donors (Lipinski definition) is 0. The van der Waals surface area contributed by atoms with Gasteiger partial charge in [-0.1, -0.05) is 97.1 Å². The lowest BCUT2D eigenvalue weighted by Crippen LogP contribution is -2.27. The number of rotatable bonds is 5. The Kier molecular flexibility index (Phi) is 6.76. The van der Waals surface area contributed by atoms with Gasteiger partial charge in [-0.3, -0.25) is 9.97 Å². The van der Waals surface area contributed by atoms with Crippen molar-refractivity contribution in [3.63, 3.8) is 0 Å². The van der Waals surface area contributed by atoms with Gasteiger partial charge in [0.2, 0.25) is 0 Å². The van der Waals surface area contributed by atoms with E-state index in [4.69, 9.17) is 18.8 Å². The minimum atomic E-state index is -3.48. The molecule has 0 spiro atoms. The maximum Gasteiger partial charge on any atom is 0.190 e. The molecule has 254 valence electrons. The summed E-state index contributed by atoms with van der Waals surface area (Å²) in [7, 11) is -3.48. The van der Waals surface area contributed by atoms with Crippen molar-refractivity contribution < 1.29 is 13.4 Å². The number of nitrogens with zero attached hydrogens (tertiary/aromatic N) is 2. The van der Waals surface area contributed by atoms with Gasteiger partial charge in [0.15, 0.2) is 7.14 Å². The highest BCUT2D eigenvalue weighted by Crippen LogP contribution is 2.44. The van der Waals surface area contributed by atoms with E-state index in [1.165, 1.54) is 0 Å². The summed E-state index contributed by atoms with van der Waals surface area (Å²) < 4.78 is 28.2. The highest BCUT2D eigenvalue weighted by Gasteiger charge is 2.33. The molecule has 0 aliphatic heterocycles. The Hall–Kier alpha value is -6.81. The van der Waals surface area contributed by atoms with Crippen molar-refractivity contribution in [1.29, 1.82) is 0 Å². The molecule has 0 aliphatic rings. The van der Waals surface area contributed by atoms with E-state index in [1.54, 1.807) is 6.20 Å². The molecule has 1 atom stereocenters. The molecular formula is C48H29N2O3P.